The summed E-state index contributed by atoms with van der Waals surface area (Å²) in [6.45, 7) is 6.44. The molecule has 4 saturated carbocycles. The second-order valence-corrected chi connectivity index (χ2v) is 11.4. The number of amides is 1. The summed E-state index contributed by atoms with van der Waals surface area (Å²) < 4.78 is 11.1. The number of hydrogen-bond acceptors (Lipinski definition) is 5. The maximum absolute atomic E-state index is 13.3. The molecule has 0 radical (unpaired) electrons. The molecule has 7 rings (SSSR count). The second-order valence-electron chi connectivity index (χ2n) is 11.4. The van der Waals surface area contributed by atoms with E-state index in [1.54, 1.807) is 6.07 Å². The van der Waals surface area contributed by atoms with Crippen molar-refractivity contribution >= 4 is 16.9 Å². The van der Waals surface area contributed by atoms with E-state index in [4.69, 9.17) is 9.15 Å². The van der Waals surface area contributed by atoms with Gasteiger partial charge in [-0.1, -0.05) is 0 Å². The minimum atomic E-state index is -0.323. The lowest BCUT2D eigenvalue weighted by Gasteiger charge is -2.57. The van der Waals surface area contributed by atoms with Crippen LogP contribution in [0.1, 0.15) is 57.4 Å². The Labute approximate surface area is 201 Å². The number of carbonyl (C=O) groups is 1. The molecule has 0 unspecified atom stereocenters. The molecule has 5 aliphatic rings. The van der Waals surface area contributed by atoms with Crippen molar-refractivity contribution in [3.63, 3.8) is 0 Å². The number of hydrogen-bond donors (Lipinski definition) is 0. The van der Waals surface area contributed by atoms with Gasteiger partial charge in [-0.05, 0) is 92.4 Å². The summed E-state index contributed by atoms with van der Waals surface area (Å²) in [6, 6.07) is 7.21. The van der Waals surface area contributed by atoms with Gasteiger partial charge in [0, 0.05) is 50.6 Å². The van der Waals surface area contributed by atoms with E-state index in [2.05, 4.69) is 9.80 Å². The maximum Gasteiger partial charge on any atom is 0.336 e. The zero-order valence-electron chi connectivity index (χ0n) is 20.3. The van der Waals surface area contributed by atoms with E-state index in [0.717, 1.165) is 67.1 Å². The number of rotatable bonds is 6. The van der Waals surface area contributed by atoms with Gasteiger partial charge in [0.2, 0.25) is 5.91 Å². The van der Waals surface area contributed by atoms with E-state index < -0.39 is 0 Å². The average molecular weight is 465 g/mol. The number of piperazine rings is 1. The van der Waals surface area contributed by atoms with Crippen LogP contribution in [0.15, 0.2) is 33.5 Å². The fourth-order valence-corrected chi connectivity index (χ4v) is 7.93. The molecule has 1 aromatic carbocycles. The molecule has 2 aromatic rings. The molecule has 6 nitrogen and oxygen atoms in total. The van der Waals surface area contributed by atoms with Crippen LogP contribution in [0, 0.1) is 23.2 Å². The number of fused-ring (bicyclic) bond motifs is 1. The molecule has 1 amide bonds. The molecule has 6 heteroatoms. The third-order valence-corrected chi connectivity index (χ3v) is 8.92. The first kappa shape index (κ1) is 22.1. The Balaban J connectivity index is 1.10. The molecule has 182 valence electrons. The lowest BCUT2D eigenvalue weighted by Crippen LogP contribution is -2.52. The average Bonchev–Trinajstić information content (AvgIpc) is 2.79. The van der Waals surface area contributed by atoms with Gasteiger partial charge in [-0.3, -0.25) is 9.69 Å². The number of nitrogens with zero attached hydrogens (tertiary/aromatic N) is 2. The van der Waals surface area contributed by atoms with E-state index in [1.807, 2.05) is 25.1 Å². The van der Waals surface area contributed by atoms with Crippen molar-refractivity contribution in [2.75, 3.05) is 32.8 Å². The van der Waals surface area contributed by atoms with Gasteiger partial charge in [0.15, 0.2) is 0 Å². The molecule has 2 heterocycles. The van der Waals surface area contributed by atoms with E-state index in [-0.39, 0.29) is 5.63 Å². The van der Waals surface area contributed by atoms with Crippen molar-refractivity contribution in [3.05, 3.63) is 40.2 Å². The summed E-state index contributed by atoms with van der Waals surface area (Å²) in [5.74, 6) is 3.81. The highest BCUT2D eigenvalue weighted by Crippen LogP contribution is 2.61. The first-order valence-corrected chi connectivity index (χ1v) is 13.2. The van der Waals surface area contributed by atoms with Crippen LogP contribution < -0.4 is 10.4 Å². The number of benzene rings is 1. The Morgan fingerprint density at radius 3 is 2.35 bits per heavy atom. The molecule has 4 bridgehead atoms. The summed E-state index contributed by atoms with van der Waals surface area (Å²) in [5.41, 5.74) is 1.53. The Hall–Kier alpha value is -2.34. The fourth-order valence-electron chi connectivity index (χ4n) is 7.93. The van der Waals surface area contributed by atoms with Crippen molar-refractivity contribution in [2.45, 2.75) is 58.4 Å². The van der Waals surface area contributed by atoms with E-state index in [0.29, 0.717) is 30.1 Å². The summed E-state index contributed by atoms with van der Waals surface area (Å²) in [4.78, 5) is 29.9. The minimum Gasteiger partial charge on any atom is -0.494 e. The molecular weight excluding hydrogens is 428 g/mol. The third kappa shape index (κ3) is 4.26. The highest BCUT2D eigenvalue weighted by atomic mass is 16.5. The molecule has 34 heavy (non-hydrogen) atoms. The third-order valence-electron chi connectivity index (χ3n) is 8.92. The van der Waals surface area contributed by atoms with Crippen molar-refractivity contribution in [2.24, 2.45) is 23.2 Å². The number of ether oxygens (including phenoxy) is 1. The van der Waals surface area contributed by atoms with E-state index in [1.165, 1.54) is 38.5 Å². The standard InChI is InChI=1S/C28H36N2O4/c1-2-33-23-3-4-25-24(13-23)22(12-27(32)34-25)18-29-5-7-30(8-6-29)26(31)17-28-14-19-9-20(15-28)11-21(10-19)16-28/h3-4,12-13,19-21H,2,5-11,14-18H2,1H3. The highest BCUT2D eigenvalue weighted by Gasteiger charge is 2.51. The molecule has 0 spiro atoms. The molecule has 0 N–H and O–H groups in total. The summed E-state index contributed by atoms with van der Waals surface area (Å²) in [7, 11) is 0. The normalized spacial score (nSPS) is 30.7. The zero-order valence-corrected chi connectivity index (χ0v) is 20.3. The summed E-state index contributed by atoms with van der Waals surface area (Å²) in [6.07, 6.45) is 8.90. The quantitative estimate of drug-likeness (QED) is 0.592. The molecule has 1 aromatic heterocycles. The van der Waals surface area contributed by atoms with Gasteiger partial charge in [-0.15, -0.1) is 0 Å². The van der Waals surface area contributed by atoms with Crippen LogP contribution in [0.4, 0.5) is 0 Å². The first-order chi connectivity index (χ1) is 16.5. The number of carbonyl (C=O) groups excluding carboxylic acids is 1. The first-order valence-electron chi connectivity index (χ1n) is 13.2. The predicted octanol–water partition coefficient (Wildman–Crippen LogP) is 4.44. The Morgan fingerprint density at radius 1 is 1.03 bits per heavy atom. The molecule has 1 saturated heterocycles. The van der Waals surface area contributed by atoms with Gasteiger partial charge in [0.05, 0.1) is 6.61 Å². The monoisotopic (exact) mass is 464 g/mol. The van der Waals surface area contributed by atoms with Crippen LogP contribution in [0.2, 0.25) is 0 Å². The predicted molar refractivity (Wildman–Crippen MR) is 131 cm³/mol. The SMILES string of the molecule is CCOc1ccc2oc(=O)cc(CN3CCN(C(=O)CC45CC6CC(CC(C6)C4)C5)CC3)c2c1. The molecule has 0 atom stereocenters. The highest BCUT2D eigenvalue weighted by molar-refractivity contribution is 5.81. The van der Waals surface area contributed by atoms with E-state index in [9.17, 15) is 9.59 Å². The summed E-state index contributed by atoms with van der Waals surface area (Å²) >= 11 is 0. The smallest absolute Gasteiger partial charge is 0.336 e. The topological polar surface area (TPSA) is 63.0 Å². The fraction of sp³-hybridized carbons (Fsp3) is 0.643. The molecule has 5 fully saturated rings. The van der Waals surface area contributed by atoms with Gasteiger partial charge < -0.3 is 14.1 Å². The molecule has 4 aliphatic carbocycles. The Morgan fingerprint density at radius 2 is 1.71 bits per heavy atom. The Bertz CT molecular complexity index is 1100. The van der Waals surface area contributed by atoms with Gasteiger partial charge in [-0.2, -0.15) is 0 Å². The van der Waals surface area contributed by atoms with Crippen LogP contribution >= 0.6 is 0 Å². The van der Waals surface area contributed by atoms with Gasteiger partial charge in [0.1, 0.15) is 11.3 Å². The lowest BCUT2D eigenvalue weighted by molar-refractivity contribution is -0.141. The summed E-state index contributed by atoms with van der Waals surface area (Å²) in [5, 5.41) is 0.922. The maximum atomic E-state index is 13.3. The minimum absolute atomic E-state index is 0.304. The van der Waals surface area contributed by atoms with Gasteiger partial charge >= 0.3 is 5.63 Å². The van der Waals surface area contributed by atoms with Crippen LogP contribution in [0.3, 0.4) is 0 Å². The lowest BCUT2D eigenvalue weighted by atomic mass is 9.49. The van der Waals surface area contributed by atoms with Crippen molar-refractivity contribution < 1.29 is 13.9 Å². The van der Waals surface area contributed by atoms with Crippen molar-refractivity contribution in [1.29, 1.82) is 0 Å². The van der Waals surface area contributed by atoms with Crippen molar-refractivity contribution in [3.8, 4) is 5.75 Å². The van der Waals surface area contributed by atoms with Crippen LogP contribution in [-0.2, 0) is 11.3 Å². The van der Waals surface area contributed by atoms with Crippen LogP contribution in [0.25, 0.3) is 11.0 Å². The van der Waals surface area contributed by atoms with E-state index >= 15 is 0 Å². The zero-order chi connectivity index (χ0) is 23.3. The molecular formula is C28H36N2O4. The molecule has 1 aliphatic heterocycles. The van der Waals surface area contributed by atoms with Gasteiger partial charge in [0.25, 0.3) is 0 Å². The second kappa shape index (κ2) is 8.71. The van der Waals surface area contributed by atoms with Crippen LogP contribution in [0.5, 0.6) is 5.75 Å². The largest absolute Gasteiger partial charge is 0.494 e. The van der Waals surface area contributed by atoms with Gasteiger partial charge in [-0.25, -0.2) is 4.79 Å². The Kier molecular flexibility index (Phi) is 5.67. The van der Waals surface area contributed by atoms with Crippen LogP contribution in [-0.4, -0.2) is 48.5 Å². The van der Waals surface area contributed by atoms with Crippen molar-refractivity contribution in [1.82, 2.24) is 9.80 Å².